The quantitative estimate of drug-likeness (QED) is 0.600. The molecule has 2 nitrogen and oxygen atoms in total. The average molecular weight is 243 g/mol. The van der Waals surface area contributed by atoms with Crippen LogP contribution in [0.5, 0.6) is 0 Å². The van der Waals surface area contributed by atoms with Gasteiger partial charge < -0.3 is 0 Å². The van der Waals surface area contributed by atoms with E-state index < -0.39 is 0 Å². The number of carbonyl (C=O) groups is 2. The van der Waals surface area contributed by atoms with Crippen LogP contribution in [0.3, 0.4) is 0 Å². The molecule has 1 aliphatic carbocycles. The molecule has 0 spiro atoms. The zero-order chi connectivity index (χ0) is 10.8. The maximum absolute atomic E-state index is 11.6. The Morgan fingerprint density at radius 3 is 2.60 bits per heavy atom. The van der Waals surface area contributed by atoms with E-state index in [0.717, 1.165) is 19.3 Å². The van der Waals surface area contributed by atoms with E-state index in [0.29, 0.717) is 9.21 Å². The van der Waals surface area contributed by atoms with Crippen LogP contribution in [0.15, 0.2) is 12.1 Å². The van der Waals surface area contributed by atoms with Crippen LogP contribution in [0.4, 0.5) is 0 Å². The molecule has 0 amide bonds. The van der Waals surface area contributed by atoms with Gasteiger partial charge in [-0.2, -0.15) is 0 Å². The molecule has 0 N–H and O–H groups in total. The van der Waals surface area contributed by atoms with Crippen molar-refractivity contribution in [3.8, 4) is 0 Å². The topological polar surface area (TPSA) is 34.1 Å². The molecule has 1 aliphatic rings. The van der Waals surface area contributed by atoms with E-state index in [9.17, 15) is 9.59 Å². The lowest BCUT2D eigenvalue weighted by molar-refractivity contribution is -0.124. The molecule has 15 heavy (non-hydrogen) atoms. The highest BCUT2D eigenvalue weighted by molar-refractivity contribution is 7.18. The van der Waals surface area contributed by atoms with Gasteiger partial charge in [-0.3, -0.25) is 9.59 Å². The second kappa shape index (κ2) is 4.45. The van der Waals surface area contributed by atoms with E-state index in [4.69, 9.17) is 11.6 Å². The van der Waals surface area contributed by atoms with E-state index >= 15 is 0 Å². The summed E-state index contributed by atoms with van der Waals surface area (Å²) in [5.74, 6) is 0.143. The zero-order valence-corrected chi connectivity index (χ0v) is 9.74. The maximum atomic E-state index is 11.6. The fourth-order valence-corrected chi connectivity index (χ4v) is 2.56. The minimum Gasteiger partial charge on any atom is -0.299 e. The highest BCUT2D eigenvalue weighted by Gasteiger charge is 2.27. The van der Waals surface area contributed by atoms with Crippen LogP contribution < -0.4 is 0 Å². The van der Waals surface area contributed by atoms with Crippen molar-refractivity contribution in [3.63, 3.8) is 0 Å². The first-order chi connectivity index (χ1) is 7.16. The van der Waals surface area contributed by atoms with Crippen LogP contribution in [0, 0.1) is 5.92 Å². The van der Waals surface area contributed by atoms with Crippen molar-refractivity contribution in [2.45, 2.75) is 25.7 Å². The first-order valence-electron chi connectivity index (χ1n) is 4.98. The van der Waals surface area contributed by atoms with Crippen molar-refractivity contribution in [3.05, 3.63) is 21.3 Å². The fourth-order valence-electron chi connectivity index (χ4n) is 1.58. The minimum atomic E-state index is -0.0937. The Kier molecular flexibility index (Phi) is 3.22. The molecule has 0 unspecified atom stereocenters. The first-order valence-corrected chi connectivity index (χ1v) is 6.17. The second-order valence-electron chi connectivity index (χ2n) is 3.80. The number of ketones is 2. The number of Topliss-reactive ketones (excluding diaryl/α,β-unsaturated/α-hetero) is 2. The molecule has 80 valence electrons. The van der Waals surface area contributed by atoms with Crippen LogP contribution >= 0.6 is 22.9 Å². The van der Waals surface area contributed by atoms with Crippen molar-refractivity contribution in [2.24, 2.45) is 5.92 Å². The van der Waals surface area contributed by atoms with Crippen LogP contribution in [-0.2, 0) is 4.79 Å². The lowest BCUT2D eigenvalue weighted by atomic mass is 9.80. The SMILES string of the molecule is O=C(CC(=O)C1CCC1)c1ccc(Cl)s1. The molecule has 0 aliphatic heterocycles. The van der Waals surface area contributed by atoms with Gasteiger partial charge >= 0.3 is 0 Å². The van der Waals surface area contributed by atoms with Crippen LogP contribution in [0.1, 0.15) is 35.4 Å². The molecule has 1 saturated carbocycles. The predicted octanol–water partition coefficient (Wildman–Crippen LogP) is 3.34. The van der Waals surface area contributed by atoms with E-state index in [1.54, 1.807) is 12.1 Å². The van der Waals surface area contributed by atoms with E-state index in [2.05, 4.69) is 0 Å². The summed E-state index contributed by atoms with van der Waals surface area (Å²) in [6.07, 6.45) is 3.07. The fraction of sp³-hybridized carbons (Fsp3) is 0.455. The number of hydrogen-bond acceptors (Lipinski definition) is 3. The van der Waals surface area contributed by atoms with Gasteiger partial charge in [0.25, 0.3) is 0 Å². The maximum Gasteiger partial charge on any atom is 0.180 e. The summed E-state index contributed by atoms with van der Waals surface area (Å²) in [4.78, 5) is 23.8. The van der Waals surface area contributed by atoms with Gasteiger partial charge in [0.05, 0.1) is 15.6 Å². The molecule has 0 radical (unpaired) electrons. The first kappa shape index (κ1) is 10.8. The molecular weight excluding hydrogens is 232 g/mol. The van der Waals surface area contributed by atoms with Crippen LogP contribution in [0.2, 0.25) is 4.34 Å². The van der Waals surface area contributed by atoms with Gasteiger partial charge in [-0.25, -0.2) is 0 Å². The number of halogens is 1. The van der Waals surface area contributed by atoms with Gasteiger partial charge in [0.2, 0.25) is 0 Å². The van der Waals surface area contributed by atoms with E-state index in [-0.39, 0.29) is 23.9 Å². The van der Waals surface area contributed by atoms with Gasteiger partial charge in [-0.05, 0) is 25.0 Å². The van der Waals surface area contributed by atoms with Gasteiger partial charge in [-0.15, -0.1) is 11.3 Å². The molecule has 1 heterocycles. The highest BCUT2D eigenvalue weighted by atomic mass is 35.5. The van der Waals surface area contributed by atoms with Crippen molar-refractivity contribution in [2.75, 3.05) is 0 Å². The molecule has 0 atom stereocenters. The summed E-state index contributed by atoms with van der Waals surface area (Å²) in [5.41, 5.74) is 0. The summed E-state index contributed by atoms with van der Waals surface area (Å²) in [5, 5.41) is 0. The number of rotatable bonds is 4. The predicted molar refractivity (Wildman–Crippen MR) is 60.6 cm³/mol. The Hall–Kier alpha value is -0.670. The molecule has 2 rings (SSSR count). The Labute approximate surface area is 97.2 Å². The molecule has 1 aromatic heterocycles. The Balaban J connectivity index is 1.94. The lowest BCUT2D eigenvalue weighted by Gasteiger charge is -2.23. The molecular formula is C11H11ClO2S. The van der Waals surface area contributed by atoms with Crippen molar-refractivity contribution in [1.82, 2.24) is 0 Å². The third-order valence-corrected chi connectivity index (χ3v) is 4.02. The molecule has 0 aromatic carbocycles. The summed E-state index contributed by atoms with van der Waals surface area (Å²) in [6, 6.07) is 3.37. The average Bonchev–Trinajstić information content (AvgIpc) is 2.48. The van der Waals surface area contributed by atoms with Gasteiger partial charge in [0.15, 0.2) is 5.78 Å². The summed E-state index contributed by atoms with van der Waals surface area (Å²) in [6.45, 7) is 0. The smallest absolute Gasteiger partial charge is 0.180 e. The van der Waals surface area contributed by atoms with Crippen LogP contribution in [0.25, 0.3) is 0 Å². The number of thiophene rings is 1. The monoisotopic (exact) mass is 242 g/mol. The van der Waals surface area contributed by atoms with Crippen molar-refractivity contribution in [1.29, 1.82) is 0 Å². The van der Waals surface area contributed by atoms with Crippen LogP contribution in [-0.4, -0.2) is 11.6 Å². The Morgan fingerprint density at radius 2 is 2.13 bits per heavy atom. The van der Waals surface area contributed by atoms with Gasteiger partial charge in [0.1, 0.15) is 5.78 Å². The summed E-state index contributed by atoms with van der Waals surface area (Å²) >= 11 is 6.96. The standard InChI is InChI=1S/C11H11ClO2S/c12-11-5-4-10(15-11)9(14)6-8(13)7-2-1-3-7/h4-5,7H,1-3,6H2. The zero-order valence-electron chi connectivity index (χ0n) is 8.16. The Bertz CT molecular complexity index is 393. The summed E-state index contributed by atoms with van der Waals surface area (Å²) in [7, 11) is 0. The van der Waals surface area contributed by atoms with Crippen molar-refractivity contribution < 1.29 is 9.59 Å². The summed E-state index contributed by atoms with van der Waals surface area (Å²) < 4.78 is 0.592. The molecule has 0 bridgehead atoms. The molecule has 1 fully saturated rings. The molecule has 1 aromatic rings. The van der Waals surface area contributed by atoms with Gasteiger partial charge in [-0.1, -0.05) is 18.0 Å². The molecule has 0 saturated heterocycles. The normalized spacial score (nSPS) is 16.1. The molecule has 4 heteroatoms. The number of hydrogen-bond donors (Lipinski definition) is 0. The number of carbonyl (C=O) groups excluding carboxylic acids is 2. The third-order valence-electron chi connectivity index (χ3n) is 2.74. The van der Waals surface area contributed by atoms with E-state index in [1.807, 2.05) is 0 Å². The van der Waals surface area contributed by atoms with E-state index in [1.165, 1.54) is 11.3 Å². The highest BCUT2D eigenvalue weighted by Crippen LogP contribution is 2.29. The second-order valence-corrected chi connectivity index (χ2v) is 5.51. The third kappa shape index (κ3) is 2.47. The van der Waals surface area contributed by atoms with Gasteiger partial charge in [0, 0.05) is 5.92 Å². The minimum absolute atomic E-state index is 0.0432. The Morgan fingerprint density at radius 1 is 1.40 bits per heavy atom. The van der Waals surface area contributed by atoms with Crippen molar-refractivity contribution >= 4 is 34.5 Å². The lowest BCUT2D eigenvalue weighted by Crippen LogP contribution is -2.23. The largest absolute Gasteiger partial charge is 0.299 e.